The molecule has 0 bridgehead atoms. The van der Waals surface area contributed by atoms with E-state index in [1.807, 2.05) is 30.3 Å². The Bertz CT molecular complexity index is 1120. The number of alkyl halides is 6. The second-order valence-corrected chi connectivity index (χ2v) is 9.18. The number of carboxylic acids is 1. The SMILES string of the molecule is O=C(C=C[C@H](CCc1ccccc1)NC(=O)[C@@H]1CCCCN1)Nc1nnc(C(F)(F)F)s1.O=C(O)C(F)(F)F. The Balaban J connectivity index is 0.000000673. The van der Waals surface area contributed by atoms with Crippen LogP contribution in [0.5, 0.6) is 0 Å². The van der Waals surface area contributed by atoms with Gasteiger partial charge in [0.2, 0.25) is 22.0 Å². The fraction of sp³-hybridized carbons (Fsp3) is 0.435. The largest absolute Gasteiger partial charge is 0.490 e. The van der Waals surface area contributed by atoms with Crippen LogP contribution in [0.15, 0.2) is 42.5 Å². The van der Waals surface area contributed by atoms with E-state index in [4.69, 9.17) is 9.90 Å². The van der Waals surface area contributed by atoms with Crippen LogP contribution in [0.3, 0.4) is 0 Å². The molecule has 2 heterocycles. The number of anilines is 1. The molecule has 2 amide bonds. The van der Waals surface area contributed by atoms with Gasteiger partial charge in [-0.2, -0.15) is 26.3 Å². The summed E-state index contributed by atoms with van der Waals surface area (Å²) in [4.78, 5) is 33.7. The number of carbonyl (C=O) groups excluding carboxylic acids is 2. The fourth-order valence-corrected chi connectivity index (χ4v) is 3.89. The fourth-order valence-electron chi connectivity index (χ4n) is 3.28. The summed E-state index contributed by atoms with van der Waals surface area (Å²) in [5, 5.41) is 20.5. The molecule has 2 atom stereocenters. The number of aromatic nitrogens is 2. The lowest BCUT2D eigenvalue weighted by molar-refractivity contribution is -0.192. The van der Waals surface area contributed by atoms with Gasteiger partial charge in [-0.05, 0) is 37.8 Å². The number of carboxylic acid groups (broad SMARTS) is 1. The molecule has 214 valence electrons. The van der Waals surface area contributed by atoms with Crippen LogP contribution in [-0.2, 0) is 27.0 Å². The first-order valence-electron chi connectivity index (χ1n) is 11.5. The lowest BCUT2D eigenvalue weighted by Crippen LogP contribution is -2.49. The highest BCUT2D eigenvalue weighted by Gasteiger charge is 2.38. The highest BCUT2D eigenvalue weighted by Crippen LogP contribution is 2.32. The van der Waals surface area contributed by atoms with E-state index >= 15 is 0 Å². The first-order valence-corrected chi connectivity index (χ1v) is 12.3. The number of hydrogen-bond acceptors (Lipinski definition) is 7. The Labute approximate surface area is 222 Å². The van der Waals surface area contributed by atoms with E-state index < -0.39 is 35.3 Å². The zero-order chi connectivity index (χ0) is 29.1. The zero-order valence-electron chi connectivity index (χ0n) is 20.2. The third-order valence-electron chi connectivity index (χ3n) is 5.16. The highest BCUT2D eigenvalue weighted by atomic mass is 32.1. The Hall–Kier alpha value is -3.53. The van der Waals surface area contributed by atoms with Crippen LogP contribution in [0.4, 0.5) is 31.5 Å². The van der Waals surface area contributed by atoms with Crippen LogP contribution in [0, 0.1) is 0 Å². The van der Waals surface area contributed by atoms with E-state index in [2.05, 4.69) is 26.1 Å². The first kappa shape index (κ1) is 31.7. The van der Waals surface area contributed by atoms with Gasteiger partial charge < -0.3 is 15.7 Å². The predicted octanol–water partition coefficient (Wildman–Crippen LogP) is 3.94. The predicted molar refractivity (Wildman–Crippen MR) is 129 cm³/mol. The molecule has 2 aromatic rings. The van der Waals surface area contributed by atoms with Gasteiger partial charge in [0, 0.05) is 12.1 Å². The van der Waals surface area contributed by atoms with Crippen LogP contribution in [0.2, 0.25) is 0 Å². The summed E-state index contributed by atoms with van der Waals surface area (Å²) in [6, 6.07) is 9.03. The van der Waals surface area contributed by atoms with E-state index in [1.54, 1.807) is 6.08 Å². The van der Waals surface area contributed by atoms with Crippen molar-refractivity contribution in [2.24, 2.45) is 0 Å². The van der Waals surface area contributed by atoms with Gasteiger partial charge in [-0.3, -0.25) is 14.9 Å². The number of carbonyl (C=O) groups is 3. The molecule has 1 aromatic heterocycles. The summed E-state index contributed by atoms with van der Waals surface area (Å²) in [7, 11) is 0. The van der Waals surface area contributed by atoms with Crippen molar-refractivity contribution in [3.05, 3.63) is 53.1 Å². The molecule has 39 heavy (non-hydrogen) atoms. The summed E-state index contributed by atoms with van der Waals surface area (Å²) in [5.74, 6) is -3.54. The van der Waals surface area contributed by atoms with Crippen molar-refractivity contribution in [1.29, 1.82) is 0 Å². The first-order chi connectivity index (χ1) is 18.3. The standard InChI is InChI=1S/C21H24F3N5O2S.C2HF3O2/c22-21(23,24)19-28-29-20(32-19)27-17(30)12-11-15(10-9-14-6-2-1-3-7-14)26-18(31)16-8-4-5-13-25-16;3-2(4,5)1(6)7/h1-3,6-7,11-12,15-16,25H,4-5,8-10,13H2,(H,26,31)(H,27,29,30);(H,6,7)/t15-,16-;/m0./s1. The van der Waals surface area contributed by atoms with Gasteiger partial charge in [0.05, 0.1) is 6.04 Å². The molecule has 0 radical (unpaired) electrons. The Kier molecular flexibility index (Phi) is 11.8. The van der Waals surface area contributed by atoms with Gasteiger partial charge in [0.15, 0.2) is 0 Å². The maximum atomic E-state index is 12.6. The summed E-state index contributed by atoms with van der Waals surface area (Å²) in [5.41, 5.74) is 1.09. The molecule has 1 saturated heterocycles. The molecule has 9 nitrogen and oxygen atoms in total. The third kappa shape index (κ3) is 11.8. The van der Waals surface area contributed by atoms with Gasteiger partial charge in [-0.1, -0.05) is 54.2 Å². The third-order valence-corrected chi connectivity index (χ3v) is 6.04. The molecule has 0 saturated carbocycles. The lowest BCUT2D eigenvalue weighted by Gasteiger charge is -2.25. The van der Waals surface area contributed by atoms with Gasteiger partial charge in [-0.15, -0.1) is 10.2 Å². The number of aliphatic carboxylic acids is 1. The number of rotatable bonds is 8. The van der Waals surface area contributed by atoms with Gasteiger partial charge in [0.1, 0.15) is 0 Å². The minimum Gasteiger partial charge on any atom is -0.475 e. The molecule has 3 rings (SSSR count). The second kappa shape index (κ2) is 14.6. The van der Waals surface area contributed by atoms with Crippen molar-refractivity contribution >= 4 is 34.3 Å². The summed E-state index contributed by atoms with van der Waals surface area (Å²) in [6.07, 6.45) is -2.96. The number of aryl methyl sites for hydroxylation is 1. The van der Waals surface area contributed by atoms with Crippen LogP contribution in [0.25, 0.3) is 0 Å². The summed E-state index contributed by atoms with van der Waals surface area (Å²) >= 11 is 0.248. The number of nitrogens with one attached hydrogen (secondary N) is 3. The number of piperidine rings is 1. The molecular formula is C23H25F6N5O4S. The summed E-state index contributed by atoms with van der Waals surface area (Å²) in [6.45, 7) is 0.785. The van der Waals surface area contributed by atoms with Crippen molar-refractivity contribution in [2.75, 3.05) is 11.9 Å². The van der Waals surface area contributed by atoms with Gasteiger partial charge >= 0.3 is 18.3 Å². The Morgan fingerprint density at radius 1 is 1.10 bits per heavy atom. The maximum absolute atomic E-state index is 12.6. The minimum atomic E-state index is -5.08. The highest BCUT2D eigenvalue weighted by molar-refractivity contribution is 7.15. The smallest absolute Gasteiger partial charge is 0.475 e. The van der Waals surface area contributed by atoms with Crippen LogP contribution >= 0.6 is 11.3 Å². The second-order valence-electron chi connectivity index (χ2n) is 8.20. The van der Waals surface area contributed by atoms with Gasteiger partial charge in [0.25, 0.3) is 0 Å². The molecular weight excluding hydrogens is 556 g/mol. The number of amides is 2. The minimum absolute atomic E-state index is 0.133. The number of benzene rings is 1. The van der Waals surface area contributed by atoms with E-state index in [0.29, 0.717) is 12.8 Å². The monoisotopic (exact) mass is 581 g/mol. The normalized spacial score (nSPS) is 16.6. The number of hydrogen-bond donors (Lipinski definition) is 4. The van der Waals surface area contributed by atoms with Crippen molar-refractivity contribution in [2.45, 2.75) is 56.5 Å². The van der Waals surface area contributed by atoms with Crippen molar-refractivity contribution in [1.82, 2.24) is 20.8 Å². The molecule has 0 spiro atoms. The molecule has 1 aromatic carbocycles. The quantitative estimate of drug-likeness (QED) is 0.274. The zero-order valence-corrected chi connectivity index (χ0v) is 21.0. The topological polar surface area (TPSA) is 133 Å². The maximum Gasteiger partial charge on any atom is 0.490 e. The molecule has 1 fully saturated rings. The van der Waals surface area contributed by atoms with E-state index in [9.17, 15) is 35.9 Å². The van der Waals surface area contributed by atoms with Crippen molar-refractivity contribution in [3.8, 4) is 0 Å². The number of nitrogens with zero attached hydrogens (tertiary/aromatic N) is 2. The van der Waals surface area contributed by atoms with Gasteiger partial charge in [-0.25, -0.2) is 4.79 Å². The average Bonchev–Trinajstić information content (AvgIpc) is 3.35. The Morgan fingerprint density at radius 2 is 1.77 bits per heavy atom. The van der Waals surface area contributed by atoms with Crippen molar-refractivity contribution in [3.63, 3.8) is 0 Å². The van der Waals surface area contributed by atoms with Crippen LogP contribution in [-0.4, -0.2) is 57.9 Å². The number of halogens is 6. The molecule has 0 unspecified atom stereocenters. The van der Waals surface area contributed by atoms with Crippen molar-refractivity contribution < 1.29 is 45.8 Å². The van der Waals surface area contributed by atoms with E-state index in [-0.39, 0.29) is 28.4 Å². The van der Waals surface area contributed by atoms with E-state index in [1.165, 1.54) is 6.08 Å². The Morgan fingerprint density at radius 3 is 2.31 bits per heavy atom. The molecule has 0 aliphatic carbocycles. The molecule has 16 heteroatoms. The molecule has 4 N–H and O–H groups in total. The van der Waals surface area contributed by atoms with Crippen LogP contribution < -0.4 is 16.0 Å². The van der Waals surface area contributed by atoms with E-state index in [0.717, 1.165) is 31.4 Å². The molecule has 1 aliphatic rings. The average molecular weight is 582 g/mol. The molecule has 1 aliphatic heterocycles. The summed E-state index contributed by atoms with van der Waals surface area (Å²) < 4.78 is 69.6. The lowest BCUT2D eigenvalue weighted by atomic mass is 10.0. The van der Waals surface area contributed by atoms with Crippen LogP contribution in [0.1, 0.15) is 36.3 Å².